The number of phenolic OH excluding ortho intramolecular Hbond substituents is 1. The van der Waals surface area contributed by atoms with Crippen LogP contribution in [0.2, 0.25) is 0 Å². The highest BCUT2D eigenvalue weighted by atomic mass is 32.2. The van der Waals surface area contributed by atoms with Gasteiger partial charge >= 0.3 is 5.97 Å². The first-order valence-corrected chi connectivity index (χ1v) is 16.9. The first kappa shape index (κ1) is 39.6. The predicted octanol–water partition coefficient (Wildman–Crippen LogP) is 6.50. The van der Waals surface area contributed by atoms with E-state index in [1.807, 2.05) is 41.3 Å². The maximum absolute atomic E-state index is 13.9. The van der Waals surface area contributed by atoms with Gasteiger partial charge in [-0.3, -0.25) is 9.18 Å². The maximum atomic E-state index is 13.9. The number of alkyl halides is 2. The van der Waals surface area contributed by atoms with Gasteiger partial charge in [0.1, 0.15) is 30.4 Å². The van der Waals surface area contributed by atoms with E-state index in [4.69, 9.17) is 4.74 Å². The van der Waals surface area contributed by atoms with E-state index in [1.165, 1.54) is 36.4 Å². The maximum Gasteiger partial charge on any atom is 0.329 e. The van der Waals surface area contributed by atoms with Crippen LogP contribution in [0.25, 0.3) is 0 Å². The number of amides is 1. The Balaban J connectivity index is 0.00000243. The number of hydrogen-bond donors (Lipinski definition) is 2. The van der Waals surface area contributed by atoms with Crippen LogP contribution in [0.5, 0.6) is 5.75 Å². The van der Waals surface area contributed by atoms with Gasteiger partial charge in [0.2, 0.25) is 15.9 Å². The highest BCUT2D eigenvalue weighted by Crippen LogP contribution is 2.28. The van der Waals surface area contributed by atoms with Crippen molar-refractivity contribution in [1.29, 1.82) is 0 Å². The van der Waals surface area contributed by atoms with Crippen LogP contribution in [-0.4, -0.2) is 55.5 Å². The van der Waals surface area contributed by atoms with E-state index in [-0.39, 0.29) is 42.2 Å². The number of ether oxygens (including phenoxy) is 1. The molecule has 2 N–H and O–H groups in total. The second kappa shape index (κ2) is 20.6. The summed E-state index contributed by atoms with van der Waals surface area (Å²) in [6.07, 6.45) is 0.615. The van der Waals surface area contributed by atoms with E-state index in [2.05, 4.69) is 5.32 Å². The smallest absolute Gasteiger partial charge is 0.329 e. The fourth-order valence-electron chi connectivity index (χ4n) is 4.32. The summed E-state index contributed by atoms with van der Waals surface area (Å²) in [6.45, 7) is 7.51. The Morgan fingerprint density at radius 1 is 0.956 bits per heavy atom. The summed E-state index contributed by atoms with van der Waals surface area (Å²) >= 11 is 0. The van der Waals surface area contributed by atoms with Crippen LogP contribution in [0.1, 0.15) is 63.1 Å². The lowest BCUT2D eigenvalue weighted by molar-refractivity contribution is -0.149. The lowest BCUT2D eigenvalue weighted by Gasteiger charge is -2.30. The molecule has 0 fully saturated rings. The minimum atomic E-state index is -4.19. The molecule has 0 bridgehead atoms. The van der Waals surface area contributed by atoms with Gasteiger partial charge in [0, 0.05) is 13.0 Å². The van der Waals surface area contributed by atoms with E-state index in [9.17, 15) is 31.9 Å². The van der Waals surface area contributed by atoms with Crippen LogP contribution in [0.15, 0.2) is 83.8 Å². The summed E-state index contributed by atoms with van der Waals surface area (Å²) in [5.41, 5.74) is 1.61. The Labute approximate surface area is 268 Å². The molecule has 3 aromatic carbocycles. The minimum absolute atomic E-state index is 0.00319. The number of nitrogens with zero attached hydrogens (tertiary/aromatic N) is 1. The third-order valence-corrected chi connectivity index (χ3v) is 8.75. The molecule has 0 aromatic heterocycles. The Morgan fingerprint density at radius 3 is 2.13 bits per heavy atom. The number of esters is 1. The van der Waals surface area contributed by atoms with Crippen LogP contribution >= 0.6 is 9.24 Å². The van der Waals surface area contributed by atoms with Crippen LogP contribution in [0.4, 0.5) is 8.78 Å². The number of carbonyl (C=O) groups is 2. The van der Waals surface area contributed by atoms with Crippen molar-refractivity contribution >= 4 is 31.1 Å². The van der Waals surface area contributed by atoms with Gasteiger partial charge in [0.05, 0.1) is 12.1 Å². The van der Waals surface area contributed by atoms with Crippen molar-refractivity contribution in [3.05, 3.63) is 95.6 Å². The van der Waals surface area contributed by atoms with Crippen LogP contribution in [0.3, 0.4) is 0 Å². The molecule has 0 radical (unpaired) electrons. The molecule has 0 aliphatic heterocycles. The molecule has 0 heterocycles. The molecule has 0 spiro atoms. The van der Waals surface area contributed by atoms with Gasteiger partial charge in [-0.15, -0.1) is 0 Å². The molecule has 45 heavy (non-hydrogen) atoms. The SMILES string of the molecule is CC.CCCN([C@@H](CC)C(=O)N[C@@H](Cc1ccc(O)cc1)C(=O)OCc1ccccc1)S(=O)(=O)c1cccc(C(F)P)c1.CF. The first-order chi connectivity index (χ1) is 21.6. The molecule has 0 saturated carbocycles. The number of carbonyl (C=O) groups excluding carboxylic acids is 2. The molecule has 0 aliphatic rings. The Kier molecular flexibility index (Phi) is 18.1. The van der Waals surface area contributed by atoms with Crippen molar-refractivity contribution in [2.45, 2.75) is 76.5 Å². The molecule has 0 saturated heterocycles. The van der Waals surface area contributed by atoms with Gasteiger partial charge in [0.25, 0.3) is 0 Å². The summed E-state index contributed by atoms with van der Waals surface area (Å²) in [6, 6.07) is 18.6. The summed E-state index contributed by atoms with van der Waals surface area (Å²) in [5, 5.41) is 12.4. The number of sulfonamides is 1. The molecule has 2 unspecified atom stereocenters. The number of aromatic hydroxyl groups is 1. The number of phenols is 1. The second-order valence-corrected chi connectivity index (χ2v) is 12.0. The van der Waals surface area contributed by atoms with Crippen molar-refractivity contribution in [3.63, 3.8) is 0 Å². The first-order valence-electron chi connectivity index (χ1n) is 14.7. The van der Waals surface area contributed by atoms with E-state index in [0.29, 0.717) is 19.2 Å². The molecule has 3 rings (SSSR count). The molecule has 0 aliphatic carbocycles. The normalized spacial score (nSPS) is 12.8. The van der Waals surface area contributed by atoms with Crippen LogP contribution in [0, 0.1) is 0 Å². The molecule has 248 valence electrons. The largest absolute Gasteiger partial charge is 0.508 e. The summed E-state index contributed by atoms with van der Waals surface area (Å²) in [4.78, 5) is 26.7. The Bertz CT molecular complexity index is 1410. The number of nitrogens with one attached hydrogen (secondary N) is 1. The number of halogens is 2. The van der Waals surface area contributed by atoms with Gasteiger partial charge < -0.3 is 15.2 Å². The van der Waals surface area contributed by atoms with E-state index in [1.54, 1.807) is 38.1 Å². The topological polar surface area (TPSA) is 113 Å². The fourth-order valence-corrected chi connectivity index (χ4v) is 6.34. The third-order valence-electron chi connectivity index (χ3n) is 6.47. The monoisotopic (exact) mass is 666 g/mol. The molecule has 3 aromatic rings. The summed E-state index contributed by atoms with van der Waals surface area (Å²) in [7, 11) is -1.70. The van der Waals surface area contributed by atoms with Crippen molar-refractivity contribution < 1.29 is 36.6 Å². The van der Waals surface area contributed by atoms with Gasteiger partial charge in [0.15, 0.2) is 0 Å². The predicted molar refractivity (Wildman–Crippen MR) is 177 cm³/mol. The van der Waals surface area contributed by atoms with E-state index in [0.717, 1.165) is 9.87 Å². The number of benzene rings is 3. The molecular weight excluding hydrogens is 621 g/mol. The average molecular weight is 667 g/mol. The lowest BCUT2D eigenvalue weighted by atomic mass is 10.0. The molecule has 4 atom stereocenters. The van der Waals surface area contributed by atoms with E-state index >= 15 is 0 Å². The Morgan fingerprint density at radius 2 is 1.58 bits per heavy atom. The molecule has 12 heteroatoms. The highest BCUT2D eigenvalue weighted by molar-refractivity contribution is 7.89. The van der Waals surface area contributed by atoms with Gasteiger partial charge in [-0.25, -0.2) is 17.6 Å². The fraction of sp³-hybridized carbons (Fsp3) is 0.394. The van der Waals surface area contributed by atoms with Crippen molar-refractivity contribution in [1.82, 2.24) is 9.62 Å². The standard InChI is InChI=1S/C30H36FN2O6PS.C2H6.CH3F/c1-3-17-33(41(37,38)25-12-8-11-23(19-25)28(31)40)27(4-2)29(35)32-26(18-21-13-15-24(34)16-14-21)30(36)39-20-22-9-6-5-7-10-22;2*1-2/h5-16,19,26-28,34H,3-4,17-18,20,40H2,1-2H3,(H,32,35);1-2H3;1H3/t26-,27-,28?;;/m0../s1. The van der Waals surface area contributed by atoms with Crippen molar-refractivity contribution in [2.24, 2.45) is 0 Å². The Hall–Kier alpha value is -3.40. The quantitative estimate of drug-likeness (QED) is 0.150. The van der Waals surface area contributed by atoms with Gasteiger partial charge in [-0.2, -0.15) is 4.31 Å². The average Bonchev–Trinajstić information content (AvgIpc) is 3.06. The summed E-state index contributed by atoms with van der Waals surface area (Å²) < 4.78 is 57.4. The molecular formula is C33H45F2N2O6PS. The van der Waals surface area contributed by atoms with E-state index < -0.39 is 39.9 Å². The minimum Gasteiger partial charge on any atom is -0.508 e. The zero-order valence-corrected chi connectivity index (χ0v) is 28.4. The third kappa shape index (κ3) is 12.1. The van der Waals surface area contributed by atoms with Crippen LogP contribution in [-0.2, 0) is 37.4 Å². The number of rotatable bonds is 14. The van der Waals surface area contributed by atoms with Gasteiger partial charge in [-0.1, -0.05) is 91.5 Å². The van der Waals surface area contributed by atoms with Gasteiger partial charge in [-0.05, 0) is 53.8 Å². The second-order valence-electron chi connectivity index (χ2n) is 9.54. The lowest BCUT2D eigenvalue weighted by Crippen LogP contribution is -2.54. The van der Waals surface area contributed by atoms with Crippen LogP contribution < -0.4 is 5.32 Å². The van der Waals surface area contributed by atoms with Crippen molar-refractivity contribution in [2.75, 3.05) is 13.7 Å². The zero-order chi connectivity index (χ0) is 34.0. The number of hydrogen-bond acceptors (Lipinski definition) is 6. The van der Waals surface area contributed by atoms with Crippen molar-refractivity contribution in [3.8, 4) is 5.75 Å². The summed E-state index contributed by atoms with van der Waals surface area (Å²) in [5.74, 6) is -2.73. The zero-order valence-electron chi connectivity index (χ0n) is 26.5. The molecule has 1 amide bonds. The molecule has 8 nitrogen and oxygen atoms in total. The highest BCUT2D eigenvalue weighted by Gasteiger charge is 2.36.